The van der Waals surface area contributed by atoms with Crippen LogP contribution < -0.4 is 11.1 Å². The minimum atomic E-state index is 0.377. The van der Waals surface area contributed by atoms with E-state index in [0.717, 1.165) is 22.8 Å². The monoisotopic (exact) mass is 343 g/mol. The average Bonchev–Trinajstić information content (AvgIpc) is 3.28. The average molecular weight is 343 g/mol. The molecule has 4 aromatic heterocycles. The van der Waals surface area contributed by atoms with Gasteiger partial charge < -0.3 is 15.5 Å². The molecule has 23 heavy (non-hydrogen) atoms. The van der Waals surface area contributed by atoms with E-state index >= 15 is 0 Å². The Morgan fingerprint density at radius 1 is 1.17 bits per heavy atom. The lowest BCUT2D eigenvalue weighted by atomic mass is 10.3. The number of thiazole rings is 1. The number of nitrogens with two attached hydrogens (primary N) is 1. The van der Waals surface area contributed by atoms with Gasteiger partial charge in [0.05, 0.1) is 6.26 Å². The number of nitrogen functional groups attached to an aromatic ring is 1. The predicted octanol–water partition coefficient (Wildman–Crippen LogP) is 3.64. The van der Waals surface area contributed by atoms with Gasteiger partial charge in [-0.15, -0.1) is 11.3 Å². The Morgan fingerprint density at radius 3 is 2.91 bits per heavy atom. The Hall–Kier alpha value is -2.45. The van der Waals surface area contributed by atoms with Gasteiger partial charge in [0.2, 0.25) is 5.95 Å². The Balaban J connectivity index is 1.56. The Morgan fingerprint density at radius 2 is 2.13 bits per heavy atom. The number of hydrogen-bond acceptors (Lipinski definition) is 8. The molecule has 6 nitrogen and oxygen atoms in total. The molecule has 116 valence electrons. The van der Waals surface area contributed by atoms with Gasteiger partial charge >= 0.3 is 0 Å². The highest BCUT2D eigenvalue weighted by molar-refractivity contribution is 7.21. The quantitative estimate of drug-likeness (QED) is 0.575. The molecule has 0 fully saturated rings. The van der Waals surface area contributed by atoms with Crippen LogP contribution in [0.4, 0.5) is 11.8 Å². The summed E-state index contributed by atoms with van der Waals surface area (Å²) >= 11 is 3.18. The van der Waals surface area contributed by atoms with E-state index in [1.165, 1.54) is 16.2 Å². The van der Waals surface area contributed by atoms with Crippen LogP contribution in [0.3, 0.4) is 0 Å². The van der Waals surface area contributed by atoms with Crippen molar-refractivity contribution >= 4 is 44.8 Å². The first-order valence-corrected chi connectivity index (χ1v) is 8.73. The molecule has 0 atom stereocenters. The van der Waals surface area contributed by atoms with Gasteiger partial charge in [-0.1, -0.05) is 17.4 Å². The number of anilines is 2. The van der Waals surface area contributed by atoms with E-state index in [0.29, 0.717) is 23.0 Å². The van der Waals surface area contributed by atoms with Gasteiger partial charge in [0, 0.05) is 11.4 Å². The van der Waals surface area contributed by atoms with Crippen LogP contribution in [0, 0.1) is 0 Å². The van der Waals surface area contributed by atoms with E-state index in [-0.39, 0.29) is 0 Å². The summed E-state index contributed by atoms with van der Waals surface area (Å²) in [6.07, 6.45) is 2.55. The van der Waals surface area contributed by atoms with E-state index in [1.54, 1.807) is 17.6 Å². The van der Waals surface area contributed by atoms with Gasteiger partial charge in [-0.2, -0.15) is 4.98 Å². The van der Waals surface area contributed by atoms with Crippen molar-refractivity contribution in [2.75, 3.05) is 17.6 Å². The van der Waals surface area contributed by atoms with Crippen LogP contribution in [-0.2, 0) is 6.42 Å². The first-order valence-electron chi connectivity index (χ1n) is 7.04. The lowest BCUT2D eigenvalue weighted by molar-refractivity contribution is 0.582. The van der Waals surface area contributed by atoms with Crippen molar-refractivity contribution in [3.05, 3.63) is 40.8 Å². The van der Waals surface area contributed by atoms with E-state index in [4.69, 9.17) is 10.2 Å². The fraction of sp³-hybridized carbons (Fsp3) is 0.133. The molecule has 0 bridgehead atoms. The normalized spacial score (nSPS) is 11.1. The molecule has 0 aliphatic heterocycles. The molecular weight excluding hydrogens is 330 g/mol. The molecule has 0 unspecified atom stereocenters. The zero-order chi connectivity index (χ0) is 15.6. The highest BCUT2D eigenvalue weighted by Gasteiger charge is 2.14. The first-order chi connectivity index (χ1) is 11.3. The van der Waals surface area contributed by atoms with E-state index in [1.807, 2.05) is 18.2 Å². The molecule has 4 rings (SSSR count). The highest BCUT2D eigenvalue weighted by Crippen LogP contribution is 2.31. The predicted molar refractivity (Wildman–Crippen MR) is 93.8 cm³/mol. The molecule has 0 aliphatic carbocycles. The van der Waals surface area contributed by atoms with Gasteiger partial charge in [0.15, 0.2) is 21.4 Å². The summed E-state index contributed by atoms with van der Waals surface area (Å²) in [6, 6.07) is 7.85. The summed E-state index contributed by atoms with van der Waals surface area (Å²) in [4.78, 5) is 15.3. The lowest BCUT2D eigenvalue weighted by Gasteiger charge is -2.04. The van der Waals surface area contributed by atoms with Gasteiger partial charge in [-0.05, 0) is 30.0 Å². The molecule has 0 spiro atoms. The van der Waals surface area contributed by atoms with E-state index in [9.17, 15) is 0 Å². The van der Waals surface area contributed by atoms with Gasteiger partial charge in [0.25, 0.3) is 0 Å². The van der Waals surface area contributed by atoms with Crippen molar-refractivity contribution < 1.29 is 4.42 Å². The lowest BCUT2D eigenvalue weighted by Crippen LogP contribution is -2.08. The van der Waals surface area contributed by atoms with Crippen LogP contribution in [0.1, 0.15) is 4.88 Å². The Labute approximate surface area is 140 Å². The third kappa shape index (κ3) is 2.90. The summed E-state index contributed by atoms with van der Waals surface area (Å²) in [5.41, 5.74) is 6.63. The standard InChI is InChI=1S/C15H13N5OS2/c16-12-11-14(23-13(18-11)10-4-1-7-21-10)20-15(19-12)17-6-5-9-3-2-8-22-9/h1-4,7-8H,5-6H2,(H3,16,17,19,20). The molecule has 8 heteroatoms. The molecule has 0 radical (unpaired) electrons. The first kappa shape index (κ1) is 14.2. The molecule has 0 aliphatic rings. The number of fused-ring (bicyclic) bond motifs is 1. The fourth-order valence-electron chi connectivity index (χ4n) is 2.18. The number of aromatic nitrogens is 3. The second kappa shape index (κ2) is 5.98. The number of nitrogens with zero attached hydrogens (tertiary/aromatic N) is 3. The number of rotatable bonds is 5. The largest absolute Gasteiger partial charge is 0.462 e. The van der Waals surface area contributed by atoms with Gasteiger partial charge in [0.1, 0.15) is 5.52 Å². The summed E-state index contributed by atoms with van der Waals surface area (Å²) in [6.45, 7) is 0.759. The SMILES string of the molecule is Nc1nc(NCCc2cccs2)nc2sc(-c3ccco3)nc12. The van der Waals surface area contributed by atoms with E-state index < -0.39 is 0 Å². The third-order valence-corrected chi connectivity index (χ3v) is 5.15. The van der Waals surface area contributed by atoms with Crippen molar-refractivity contribution in [3.8, 4) is 10.8 Å². The minimum absolute atomic E-state index is 0.377. The highest BCUT2D eigenvalue weighted by atomic mass is 32.1. The topological polar surface area (TPSA) is 89.9 Å². The van der Waals surface area contributed by atoms with Crippen molar-refractivity contribution in [2.45, 2.75) is 6.42 Å². The van der Waals surface area contributed by atoms with Gasteiger partial charge in [-0.25, -0.2) is 9.97 Å². The maximum atomic E-state index is 6.01. The summed E-state index contributed by atoms with van der Waals surface area (Å²) in [7, 11) is 0. The molecule has 0 aromatic carbocycles. The molecule has 3 N–H and O–H groups in total. The van der Waals surface area contributed by atoms with Crippen LogP contribution in [0.25, 0.3) is 21.1 Å². The smallest absolute Gasteiger partial charge is 0.226 e. The molecule has 4 heterocycles. The van der Waals surface area contributed by atoms with Crippen molar-refractivity contribution in [1.29, 1.82) is 0 Å². The maximum Gasteiger partial charge on any atom is 0.226 e. The number of hydrogen-bond donors (Lipinski definition) is 2. The van der Waals surface area contributed by atoms with Crippen molar-refractivity contribution in [2.24, 2.45) is 0 Å². The molecule has 4 aromatic rings. The van der Waals surface area contributed by atoms with Crippen LogP contribution in [0.2, 0.25) is 0 Å². The number of furan rings is 1. The minimum Gasteiger partial charge on any atom is -0.462 e. The molecule has 0 amide bonds. The number of thiophene rings is 1. The molecule has 0 saturated carbocycles. The van der Waals surface area contributed by atoms with Crippen LogP contribution in [0.15, 0.2) is 40.3 Å². The fourth-order valence-corrected chi connectivity index (χ4v) is 3.80. The van der Waals surface area contributed by atoms with Crippen LogP contribution in [0.5, 0.6) is 0 Å². The zero-order valence-electron chi connectivity index (χ0n) is 12.0. The number of nitrogens with one attached hydrogen (secondary N) is 1. The summed E-state index contributed by atoms with van der Waals surface area (Å²) in [5, 5.41) is 6.04. The molecule has 0 saturated heterocycles. The Bertz CT molecular complexity index is 915. The summed E-state index contributed by atoms with van der Waals surface area (Å²) < 4.78 is 5.37. The van der Waals surface area contributed by atoms with Crippen LogP contribution in [-0.4, -0.2) is 21.5 Å². The summed E-state index contributed by atoms with van der Waals surface area (Å²) in [5.74, 6) is 1.61. The van der Waals surface area contributed by atoms with Crippen LogP contribution >= 0.6 is 22.7 Å². The van der Waals surface area contributed by atoms with Crippen molar-refractivity contribution in [1.82, 2.24) is 15.0 Å². The second-order valence-electron chi connectivity index (χ2n) is 4.84. The second-order valence-corrected chi connectivity index (χ2v) is 6.85. The van der Waals surface area contributed by atoms with Crippen molar-refractivity contribution in [3.63, 3.8) is 0 Å². The molecular formula is C15H13N5OS2. The van der Waals surface area contributed by atoms with Gasteiger partial charge in [-0.3, -0.25) is 0 Å². The Kier molecular flexibility index (Phi) is 3.68. The third-order valence-electron chi connectivity index (χ3n) is 3.25. The zero-order valence-corrected chi connectivity index (χ0v) is 13.7. The maximum absolute atomic E-state index is 6.01. The van der Waals surface area contributed by atoms with E-state index in [2.05, 4.69) is 31.7 Å².